The van der Waals surface area contributed by atoms with E-state index in [0.29, 0.717) is 11.3 Å². The van der Waals surface area contributed by atoms with Gasteiger partial charge in [-0.3, -0.25) is 0 Å². The number of rotatable bonds is 3. The van der Waals surface area contributed by atoms with E-state index in [1.54, 1.807) is 18.7 Å². The summed E-state index contributed by atoms with van der Waals surface area (Å²) < 4.78 is 15.2. The van der Waals surface area contributed by atoms with Gasteiger partial charge in [0.1, 0.15) is 12.0 Å². The zero-order valence-corrected chi connectivity index (χ0v) is 24.4. The second kappa shape index (κ2) is 13.4. The summed E-state index contributed by atoms with van der Waals surface area (Å²) in [5, 5.41) is 0. The number of oxazole rings is 3. The fraction of sp³-hybridized carbons (Fsp3) is 0.640. The van der Waals surface area contributed by atoms with Crippen molar-refractivity contribution in [3.8, 4) is 0 Å². The summed E-state index contributed by atoms with van der Waals surface area (Å²) >= 11 is 0. The van der Waals surface area contributed by atoms with Crippen molar-refractivity contribution in [2.75, 3.05) is 0 Å². The molecular weight excluding hydrogens is 479 g/mol. The molecule has 0 saturated carbocycles. The minimum absolute atomic E-state index is 0. The predicted molar refractivity (Wildman–Crippen MR) is 123 cm³/mol. The van der Waals surface area contributed by atoms with E-state index in [4.69, 9.17) is 13.3 Å². The summed E-state index contributed by atoms with van der Waals surface area (Å²) in [5.74, 6) is 2.49. The molecule has 32 heavy (non-hydrogen) atoms. The van der Waals surface area contributed by atoms with E-state index in [1.807, 2.05) is 6.92 Å². The van der Waals surface area contributed by atoms with Gasteiger partial charge in [0.05, 0.1) is 12.4 Å². The molecule has 0 atom stereocenters. The minimum Gasteiger partial charge on any atom is -0.630 e. The molecule has 0 amide bonds. The van der Waals surface area contributed by atoms with Crippen molar-refractivity contribution in [1.82, 2.24) is 15.0 Å². The molecule has 0 aliphatic carbocycles. The number of aromatic nitrogens is 3. The molecule has 3 rings (SSSR count). The van der Waals surface area contributed by atoms with Gasteiger partial charge in [-0.25, -0.2) is 9.97 Å². The quantitative estimate of drug-likeness (QED) is 0.351. The van der Waals surface area contributed by atoms with Crippen LogP contribution in [0.2, 0.25) is 0 Å². The molecule has 3 aromatic heterocycles. The second-order valence-corrected chi connectivity index (χ2v) is 11.4. The Hall–Kier alpha value is -1.27. The van der Waals surface area contributed by atoms with Crippen molar-refractivity contribution in [2.24, 2.45) is 16.2 Å². The predicted octanol–water partition coefficient (Wildman–Crippen LogP) is 6.90. The average Bonchev–Trinajstić information content (AvgIpc) is 3.29. The fourth-order valence-corrected chi connectivity index (χ4v) is 2.59. The Morgan fingerprint density at radius 1 is 0.844 bits per heavy atom. The molecule has 6 nitrogen and oxygen atoms in total. The van der Waals surface area contributed by atoms with Crippen molar-refractivity contribution in [2.45, 2.75) is 88.5 Å². The van der Waals surface area contributed by atoms with Gasteiger partial charge in [-0.1, -0.05) is 75.5 Å². The van der Waals surface area contributed by atoms with Crippen LogP contribution in [0.5, 0.6) is 0 Å². The van der Waals surface area contributed by atoms with Crippen LogP contribution < -0.4 is 0 Å². The molecule has 0 aliphatic heterocycles. The van der Waals surface area contributed by atoms with Crippen LogP contribution in [0, 0.1) is 29.4 Å². The fourth-order valence-electron chi connectivity index (χ4n) is 2.59. The number of nitrogens with zero attached hydrogens (tertiary/aromatic N) is 3. The van der Waals surface area contributed by atoms with Gasteiger partial charge in [-0.05, 0) is 28.4 Å². The molecule has 0 fully saturated rings. The maximum Gasteiger partial charge on any atom is 0.194 e. The Morgan fingerprint density at radius 3 is 1.81 bits per heavy atom. The maximum atomic E-state index is 5.10. The van der Waals surface area contributed by atoms with Gasteiger partial charge in [-0.15, -0.1) is 0 Å². The zero-order chi connectivity index (χ0) is 23.7. The molecule has 3 heterocycles. The SMILES string of the molecule is CC(C)(C)Cc1cnco1.CC(C)(C)Cc1ncco1.Cc1nc(CC(C)(C)C)[c-]o1.[Y]. The van der Waals surface area contributed by atoms with E-state index in [0.717, 1.165) is 36.6 Å². The van der Waals surface area contributed by atoms with Crippen LogP contribution >= 0.6 is 0 Å². The summed E-state index contributed by atoms with van der Waals surface area (Å²) in [7, 11) is 0. The van der Waals surface area contributed by atoms with Crippen LogP contribution in [0.4, 0.5) is 0 Å². The first-order valence-corrected chi connectivity index (χ1v) is 10.7. The molecule has 1 radical (unpaired) electrons. The molecule has 7 heteroatoms. The smallest absolute Gasteiger partial charge is 0.194 e. The summed E-state index contributed by atoms with van der Waals surface area (Å²) in [5.41, 5.74) is 1.75. The Morgan fingerprint density at radius 2 is 1.44 bits per heavy atom. The summed E-state index contributed by atoms with van der Waals surface area (Å²) in [6.45, 7) is 21.4. The molecular formula is C25H40N3O3Y-. The van der Waals surface area contributed by atoms with Crippen molar-refractivity contribution in [3.05, 3.63) is 54.5 Å². The summed E-state index contributed by atoms with van der Waals surface area (Å²) in [6, 6.07) is 0. The first-order valence-electron chi connectivity index (χ1n) is 10.7. The molecule has 0 aromatic carbocycles. The minimum atomic E-state index is 0. The third-order valence-electron chi connectivity index (χ3n) is 3.66. The Bertz CT molecular complexity index is 788. The molecule has 0 bridgehead atoms. The van der Waals surface area contributed by atoms with E-state index < -0.39 is 0 Å². The van der Waals surface area contributed by atoms with Gasteiger partial charge < -0.3 is 18.2 Å². The maximum absolute atomic E-state index is 5.10. The van der Waals surface area contributed by atoms with E-state index in [-0.39, 0.29) is 43.5 Å². The number of hydrogen-bond donors (Lipinski definition) is 0. The van der Waals surface area contributed by atoms with Crippen LogP contribution in [-0.2, 0) is 52.0 Å². The Balaban J connectivity index is 0.000000444. The van der Waals surface area contributed by atoms with Crippen molar-refractivity contribution in [1.29, 1.82) is 0 Å². The molecule has 3 aromatic rings. The van der Waals surface area contributed by atoms with Crippen molar-refractivity contribution in [3.63, 3.8) is 0 Å². The summed E-state index contributed by atoms with van der Waals surface area (Å²) in [4.78, 5) is 12.0. The zero-order valence-electron chi connectivity index (χ0n) is 21.6. The van der Waals surface area contributed by atoms with E-state index in [9.17, 15) is 0 Å². The summed E-state index contributed by atoms with van der Waals surface area (Å²) in [6.07, 6.45) is 12.1. The molecule has 177 valence electrons. The van der Waals surface area contributed by atoms with Gasteiger partial charge in [0.15, 0.2) is 12.3 Å². The third kappa shape index (κ3) is 16.4. The molecule has 0 saturated heterocycles. The van der Waals surface area contributed by atoms with Crippen LogP contribution in [0.15, 0.2) is 38.3 Å². The number of aryl methyl sites for hydroxylation is 1. The van der Waals surface area contributed by atoms with Gasteiger partial charge in [-0.2, -0.15) is 0 Å². The second-order valence-electron chi connectivity index (χ2n) is 11.4. The average molecular weight is 520 g/mol. The van der Waals surface area contributed by atoms with Crippen LogP contribution in [0.3, 0.4) is 0 Å². The van der Waals surface area contributed by atoms with Gasteiger partial charge in [0, 0.05) is 51.4 Å². The van der Waals surface area contributed by atoms with Gasteiger partial charge in [0.2, 0.25) is 0 Å². The number of hydrogen-bond acceptors (Lipinski definition) is 6. The normalized spacial score (nSPS) is 11.6. The van der Waals surface area contributed by atoms with Crippen molar-refractivity contribution < 1.29 is 46.0 Å². The van der Waals surface area contributed by atoms with Crippen molar-refractivity contribution >= 4 is 0 Å². The largest absolute Gasteiger partial charge is 0.630 e. The van der Waals surface area contributed by atoms with Gasteiger partial charge >= 0.3 is 0 Å². The third-order valence-corrected chi connectivity index (χ3v) is 3.66. The monoisotopic (exact) mass is 519 g/mol. The molecule has 0 aliphatic rings. The first-order chi connectivity index (χ1) is 14.1. The van der Waals surface area contributed by atoms with Crippen LogP contribution in [-0.4, -0.2) is 15.0 Å². The van der Waals surface area contributed by atoms with E-state index in [1.165, 1.54) is 6.39 Å². The van der Waals surface area contributed by atoms with E-state index in [2.05, 4.69) is 83.5 Å². The van der Waals surface area contributed by atoms with Crippen LogP contribution in [0.1, 0.15) is 85.5 Å². The Kier molecular flexibility index (Phi) is 12.9. The van der Waals surface area contributed by atoms with Gasteiger partial charge in [0.25, 0.3) is 0 Å². The van der Waals surface area contributed by atoms with E-state index >= 15 is 0 Å². The molecule has 0 N–H and O–H groups in total. The van der Waals surface area contributed by atoms with Crippen LogP contribution in [0.25, 0.3) is 0 Å². The standard InChI is InChI=1S/C9H14NO.2C8H13NO.Y/c1-7-10-8(6-11-7)5-9(2,3)4;1-8(2,3)4-7-5-9-6-10-7;1-8(2,3)6-7-9-4-5-10-7;/h5H2,1-4H3;5-6H,4H2,1-3H3;4-5H,6H2,1-3H3;/q-1;;;. The molecule has 0 spiro atoms. The Labute approximate surface area is 219 Å². The molecule has 0 unspecified atom stereocenters. The first kappa shape index (κ1) is 30.7. The topological polar surface area (TPSA) is 78.1 Å².